The first-order valence-electron chi connectivity index (χ1n) is 13.0. The highest BCUT2D eigenvalue weighted by Gasteiger charge is 2.61. The number of fused-ring (bicyclic) bond motifs is 5. The molecule has 162 valence electrons. The third-order valence-corrected chi connectivity index (χ3v) is 10.9. The van der Waals surface area contributed by atoms with Gasteiger partial charge in [-0.1, -0.05) is 60.3 Å². The molecule has 4 aliphatic rings. The summed E-state index contributed by atoms with van der Waals surface area (Å²) >= 11 is 0. The molecule has 9 atom stereocenters. The number of rotatable bonds is 5. The van der Waals surface area contributed by atoms with Crippen molar-refractivity contribution in [2.45, 2.75) is 118 Å². The Morgan fingerprint density at radius 2 is 1.64 bits per heavy atom. The topological polar surface area (TPSA) is 20.2 Å². The maximum Gasteiger partial charge on any atom is 0.0599 e. The molecular weight excluding hydrogens is 340 g/mol. The second kappa shape index (κ2) is 7.90. The molecule has 0 spiro atoms. The van der Waals surface area contributed by atoms with E-state index in [0.717, 1.165) is 47.8 Å². The Morgan fingerprint density at radius 1 is 0.857 bits per heavy atom. The van der Waals surface area contributed by atoms with Crippen molar-refractivity contribution >= 4 is 0 Å². The molecule has 0 saturated heterocycles. The smallest absolute Gasteiger partial charge is 0.0599 e. The van der Waals surface area contributed by atoms with Crippen molar-refractivity contribution in [1.29, 1.82) is 0 Å². The molecule has 0 aliphatic heterocycles. The van der Waals surface area contributed by atoms with Crippen LogP contribution in [0.25, 0.3) is 0 Å². The predicted octanol–water partition coefficient (Wildman–Crippen LogP) is 7.47. The van der Waals surface area contributed by atoms with Gasteiger partial charge in [-0.05, 0) is 104 Å². The highest BCUT2D eigenvalue weighted by Crippen LogP contribution is 2.68. The molecule has 0 aromatic carbocycles. The lowest BCUT2D eigenvalue weighted by Gasteiger charge is -2.62. The minimum atomic E-state index is -0.0319. The zero-order valence-corrected chi connectivity index (χ0v) is 19.6. The van der Waals surface area contributed by atoms with Crippen LogP contribution in [0.2, 0.25) is 0 Å². The standard InChI is InChI=1S/C27H48O/c1-18(2)8-6-9-19(3)22-14-15-23-21-13-12-20-10-7-11-25(28)27(20,5)24(21)16-17-26(22,23)4/h18-25,28H,6-17H2,1-5H3/t19-,20-,21+,22-,23+,24+,25+,26-,27+/m1/s1. The first-order valence-corrected chi connectivity index (χ1v) is 13.0. The summed E-state index contributed by atoms with van der Waals surface area (Å²) in [6, 6.07) is 0. The van der Waals surface area contributed by atoms with E-state index in [9.17, 15) is 5.11 Å². The SMILES string of the molecule is CC(C)CCC[C@@H](C)[C@H]1CC[C@H]2[C@@H]3CC[C@H]4CCC[C@H](O)[C@]4(C)[C@H]3CC[C@]12C. The van der Waals surface area contributed by atoms with Crippen LogP contribution in [-0.2, 0) is 0 Å². The average Bonchev–Trinajstić information content (AvgIpc) is 3.00. The zero-order chi connectivity index (χ0) is 20.1. The van der Waals surface area contributed by atoms with Crippen molar-refractivity contribution in [3.63, 3.8) is 0 Å². The van der Waals surface area contributed by atoms with Crippen LogP contribution in [-0.4, -0.2) is 11.2 Å². The lowest BCUT2D eigenvalue weighted by Crippen LogP contribution is -2.57. The summed E-state index contributed by atoms with van der Waals surface area (Å²) < 4.78 is 0. The Kier molecular flexibility index (Phi) is 5.98. The normalized spacial score (nSPS) is 49.4. The summed E-state index contributed by atoms with van der Waals surface area (Å²) in [5.41, 5.74) is 0.810. The minimum absolute atomic E-state index is 0.0319. The Balaban J connectivity index is 1.49. The molecule has 0 aromatic heterocycles. The molecule has 1 heteroatoms. The van der Waals surface area contributed by atoms with Gasteiger partial charge in [-0.15, -0.1) is 0 Å². The van der Waals surface area contributed by atoms with E-state index in [-0.39, 0.29) is 11.5 Å². The zero-order valence-electron chi connectivity index (χ0n) is 19.6. The van der Waals surface area contributed by atoms with Gasteiger partial charge >= 0.3 is 0 Å². The molecule has 1 N–H and O–H groups in total. The molecular formula is C27H48O. The first kappa shape index (κ1) is 21.2. The molecule has 4 saturated carbocycles. The fraction of sp³-hybridized carbons (Fsp3) is 1.00. The first-order chi connectivity index (χ1) is 13.3. The van der Waals surface area contributed by atoms with Crippen molar-refractivity contribution in [2.75, 3.05) is 0 Å². The van der Waals surface area contributed by atoms with Crippen LogP contribution in [0.15, 0.2) is 0 Å². The molecule has 1 nitrogen and oxygen atoms in total. The lowest BCUT2D eigenvalue weighted by molar-refractivity contribution is -0.164. The van der Waals surface area contributed by atoms with Gasteiger partial charge in [-0.25, -0.2) is 0 Å². The van der Waals surface area contributed by atoms with Gasteiger partial charge in [0.15, 0.2) is 0 Å². The summed E-state index contributed by atoms with van der Waals surface area (Å²) in [5, 5.41) is 11.1. The highest BCUT2D eigenvalue weighted by molar-refractivity contribution is 5.10. The van der Waals surface area contributed by atoms with E-state index in [1.807, 2.05) is 0 Å². The van der Waals surface area contributed by atoms with Crippen molar-refractivity contribution in [1.82, 2.24) is 0 Å². The number of aliphatic hydroxyl groups is 1. The summed E-state index contributed by atoms with van der Waals surface area (Å²) in [4.78, 5) is 0. The maximum absolute atomic E-state index is 11.1. The highest BCUT2D eigenvalue weighted by atomic mass is 16.3. The minimum Gasteiger partial charge on any atom is -0.393 e. The molecule has 0 amide bonds. The van der Waals surface area contributed by atoms with E-state index in [1.54, 1.807) is 0 Å². The predicted molar refractivity (Wildman–Crippen MR) is 119 cm³/mol. The molecule has 4 aliphatic carbocycles. The van der Waals surface area contributed by atoms with Gasteiger partial charge in [0.1, 0.15) is 0 Å². The molecule has 0 aromatic rings. The van der Waals surface area contributed by atoms with Gasteiger partial charge in [-0.3, -0.25) is 0 Å². The lowest BCUT2D eigenvalue weighted by atomic mass is 9.44. The van der Waals surface area contributed by atoms with Crippen molar-refractivity contribution in [2.24, 2.45) is 52.3 Å². The van der Waals surface area contributed by atoms with Gasteiger partial charge in [0.05, 0.1) is 6.10 Å². The largest absolute Gasteiger partial charge is 0.393 e. The van der Waals surface area contributed by atoms with Crippen LogP contribution < -0.4 is 0 Å². The van der Waals surface area contributed by atoms with Crippen LogP contribution in [0.4, 0.5) is 0 Å². The Hall–Kier alpha value is -0.0400. The Labute approximate surface area is 175 Å². The summed E-state index contributed by atoms with van der Waals surface area (Å²) in [6.07, 6.45) is 16.6. The number of hydrogen-bond acceptors (Lipinski definition) is 1. The molecule has 0 radical (unpaired) electrons. The van der Waals surface area contributed by atoms with Crippen LogP contribution in [0, 0.1) is 52.3 Å². The summed E-state index contributed by atoms with van der Waals surface area (Å²) in [7, 11) is 0. The number of hydrogen-bond donors (Lipinski definition) is 1. The third kappa shape index (κ3) is 3.30. The van der Waals surface area contributed by atoms with Crippen molar-refractivity contribution < 1.29 is 5.11 Å². The van der Waals surface area contributed by atoms with Crippen LogP contribution >= 0.6 is 0 Å². The van der Waals surface area contributed by atoms with E-state index in [1.165, 1.54) is 70.6 Å². The van der Waals surface area contributed by atoms with Crippen LogP contribution in [0.1, 0.15) is 112 Å². The Bertz CT molecular complexity index is 540. The van der Waals surface area contributed by atoms with Crippen molar-refractivity contribution in [3.05, 3.63) is 0 Å². The Morgan fingerprint density at radius 3 is 2.39 bits per heavy atom. The third-order valence-electron chi connectivity index (χ3n) is 10.9. The molecule has 4 fully saturated rings. The molecule has 0 heterocycles. The van der Waals surface area contributed by atoms with Gasteiger partial charge in [0, 0.05) is 0 Å². The fourth-order valence-electron chi connectivity index (χ4n) is 9.34. The van der Waals surface area contributed by atoms with Crippen molar-refractivity contribution in [3.8, 4) is 0 Å². The van der Waals surface area contributed by atoms with E-state index in [4.69, 9.17) is 0 Å². The second-order valence-corrected chi connectivity index (χ2v) is 12.5. The monoisotopic (exact) mass is 388 g/mol. The maximum atomic E-state index is 11.1. The van der Waals surface area contributed by atoms with Gasteiger partial charge in [-0.2, -0.15) is 0 Å². The van der Waals surface area contributed by atoms with Crippen LogP contribution in [0.3, 0.4) is 0 Å². The molecule has 0 bridgehead atoms. The molecule has 4 rings (SSSR count). The summed E-state index contributed by atoms with van der Waals surface area (Å²) in [5.74, 6) is 6.15. The van der Waals surface area contributed by atoms with Gasteiger partial charge in [0.25, 0.3) is 0 Å². The van der Waals surface area contributed by atoms with Gasteiger partial charge < -0.3 is 5.11 Å². The quantitative estimate of drug-likeness (QED) is 0.518. The average molecular weight is 389 g/mol. The number of aliphatic hydroxyl groups excluding tert-OH is 1. The van der Waals surface area contributed by atoms with E-state index < -0.39 is 0 Å². The second-order valence-electron chi connectivity index (χ2n) is 12.5. The van der Waals surface area contributed by atoms with E-state index in [0.29, 0.717) is 5.41 Å². The van der Waals surface area contributed by atoms with E-state index in [2.05, 4.69) is 34.6 Å². The van der Waals surface area contributed by atoms with E-state index >= 15 is 0 Å². The summed E-state index contributed by atoms with van der Waals surface area (Å²) in [6.45, 7) is 12.5. The van der Waals surface area contributed by atoms with Gasteiger partial charge in [0.2, 0.25) is 0 Å². The molecule has 28 heavy (non-hydrogen) atoms. The fourth-order valence-corrected chi connectivity index (χ4v) is 9.34. The molecule has 0 unspecified atom stereocenters. The van der Waals surface area contributed by atoms with Crippen LogP contribution in [0.5, 0.6) is 0 Å².